The molecule has 1 saturated heterocycles. The largest absolute Gasteiger partial charge is 0.480 e. The minimum Gasteiger partial charge on any atom is -0.480 e. The summed E-state index contributed by atoms with van der Waals surface area (Å²) in [5.74, 6) is -1.27. The molecule has 1 fully saturated rings. The highest BCUT2D eigenvalue weighted by Crippen LogP contribution is 2.32. The van der Waals surface area contributed by atoms with Crippen LogP contribution in [0.2, 0.25) is 0 Å². The van der Waals surface area contributed by atoms with Crippen molar-refractivity contribution in [2.75, 3.05) is 13.2 Å². The van der Waals surface area contributed by atoms with E-state index in [1.165, 1.54) is 35.5 Å². The highest BCUT2D eigenvalue weighted by atomic mass is 19.1. The Morgan fingerprint density at radius 1 is 1.21 bits per heavy atom. The number of hydrogen-bond acceptors (Lipinski definition) is 4. The van der Waals surface area contributed by atoms with Gasteiger partial charge in [0.1, 0.15) is 17.2 Å². The third kappa shape index (κ3) is 4.80. The van der Waals surface area contributed by atoms with E-state index in [1.807, 2.05) is 20.8 Å². The summed E-state index contributed by atoms with van der Waals surface area (Å²) in [4.78, 5) is 18.9. The fourth-order valence-electron chi connectivity index (χ4n) is 3.94. The Kier molecular flexibility index (Phi) is 6.03. The molecule has 0 unspecified atom stereocenters. The van der Waals surface area contributed by atoms with E-state index < -0.39 is 29.2 Å². The van der Waals surface area contributed by atoms with Crippen LogP contribution < -0.4 is 0 Å². The van der Waals surface area contributed by atoms with Crippen LogP contribution in [-0.4, -0.2) is 44.2 Å². The summed E-state index contributed by atoms with van der Waals surface area (Å²) >= 11 is 0. The number of aliphatic hydroxyl groups excluding tert-OH is 1. The molecule has 0 radical (unpaired) electrons. The second-order valence-corrected chi connectivity index (χ2v) is 8.69. The average Bonchev–Trinajstić information content (AvgIpc) is 3.19. The van der Waals surface area contributed by atoms with E-state index in [0.29, 0.717) is 16.8 Å². The molecule has 1 amide bonds. The molecular formula is C25H25F2N3O3. The first kappa shape index (κ1) is 22.7. The van der Waals surface area contributed by atoms with Gasteiger partial charge in [-0.25, -0.2) is 13.8 Å². The summed E-state index contributed by atoms with van der Waals surface area (Å²) in [6.45, 7) is 5.35. The summed E-state index contributed by atoms with van der Waals surface area (Å²) in [5.41, 5.74) is 1.42. The molecule has 0 aliphatic carbocycles. The first-order valence-corrected chi connectivity index (χ1v) is 10.6. The molecule has 8 heteroatoms. The Bertz CT molecular complexity index is 1200. The maximum Gasteiger partial charge on any atom is 0.289 e. The van der Waals surface area contributed by atoms with Gasteiger partial charge in [0.15, 0.2) is 5.76 Å². The Balaban J connectivity index is 1.66. The van der Waals surface area contributed by atoms with Crippen LogP contribution in [0.1, 0.15) is 36.7 Å². The van der Waals surface area contributed by atoms with Crippen LogP contribution in [0.4, 0.5) is 8.78 Å². The van der Waals surface area contributed by atoms with Crippen molar-refractivity contribution in [1.29, 1.82) is 0 Å². The summed E-state index contributed by atoms with van der Waals surface area (Å²) in [6.07, 6.45) is 4.74. The number of ether oxygens (including phenoxy) is 1. The number of carbonyl (C=O) groups excluding carboxylic acids is 1. The number of morpholine rings is 1. The summed E-state index contributed by atoms with van der Waals surface area (Å²) in [5, 5.41) is 10.0. The van der Waals surface area contributed by atoms with Crippen LogP contribution in [-0.2, 0) is 9.53 Å². The predicted octanol–water partition coefficient (Wildman–Crippen LogP) is 4.17. The van der Waals surface area contributed by atoms with Crippen LogP contribution in [0.5, 0.6) is 0 Å². The Labute approximate surface area is 190 Å². The van der Waals surface area contributed by atoms with Crippen molar-refractivity contribution < 1.29 is 23.4 Å². The molecule has 1 atom stereocenters. The number of rotatable bonds is 5. The highest BCUT2D eigenvalue weighted by Gasteiger charge is 2.40. The first-order chi connectivity index (χ1) is 15.7. The third-order valence-electron chi connectivity index (χ3n) is 5.47. The third-order valence-corrected chi connectivity index (χ3v) is 5.47. The molecule has 2 heterocycles. The number of halogens is 2. The van der Waals surface area contributed by atoms with Crippen molar-refractivity contribution in [2.24, 2.45) is 0 Å². The van der Waals surface area contributed by atoms with Gasteiger partial charge in [0.25, 0.3) is 5.91 Å². The normalized spacial score (nSPS) is 17.8. The molecule has 4 rings (SSSR count). The van der Waals surface area contributed by atoms with Crippen LogP contribution >= 0.6 is 0 Å². The average molecular weight is 453 g/mol. The van der Waals surface area contributed by atoms with Crippen molar-refractivity contribution in [3.05, 3.63) is 89.2 Å². The van der Waals surface area contributed by atoms with Gasteiger partial charge in [0.05, 0.1) is 36.9 Å². The Morgan fingerprint density at radius 2 is 1.94 bits per heavy atom. The van der Waals surface area contributed by atoms with Gasteiger partial charge in [-0.15, -0.1) is 0 Å². The fraction of sp³-hybridized carbons (Fsp3) is 0.280. The first-order valence-electron chi connectivity index (χ1n) is 10.6. The number of imidazole rings is 1. The molecule has 1 aromatic heterocycles. The van der Waals surface area contributed by atoms with Crippen LogP contribution in [0, 0.1) is 18.6 Å². The van der Waals surface area contributed by atoms with E-state index in [2.05, 4.69) is 4.98 Å². The lowest BCUT2D eigenvalue weighted by molar-refractivity contribution is -0.151. The standard InChI is InChI=1S/C25H25F2N3O3/c1-16-12-29(15-28-16)21-9-4-17(10-20(21)27)11-23-24(32)30(14-25(2,3)33-23)22(13-31)18-5-7-19(26)8-6-18/h4-12,15,22,31H,13-14H2,1-3H3/t22-/m0/s1. The number of aromatic nitrogens is 2. The Hall–Kier alpha value is -3.52. The molecule has 172 valence electrons. The number of aryl methyl sites for hydroxylation is 1. The van der Waals surface area contributed by atoms with Gasteiger partial charge in [0, 0.05) is 6.20 Å². The molecule has 0 spiro atoms. The SMILES string of the molecule is Cc1cn(-c2ccc(C=C3OC(C)(C)CN([C@@H](CO)c4ccc(F)cc4)C3=O)cc2F)cn1. The number of nitrogens with zero attached hydrogens (tertiary/aromatic N) is 3. The van der Waals surface area contributed by atoms with E-state index in [9.17, 15) is 18.7 Å². The Morgan fingerprint density at radius 3 is 2.55 bits per heavy atom. The van der Waals surface area contributed by atoms with Crippen molar-refractivity contribution in [2.45, 2.75) is 32.4 Å². The lowest BCUT2D eigenvalue weighted by Gasteiger charge is -2.43. The fourth-order valence-corrected chi connectivity index (χ4v) is 3.94. The molecule has 1 aliphatic heterocycles. The van der Waals surface area contributed by atoms with Gasteiger partial charge in [-0.3, -0.25) is 4.79 Å². The van der Waals surface area contributed by atoms with Gasteiger partial charge >= 0.3 is 0 Å². The monoisotopic (exact) mass is 453 g/mol. The van der Waals surface area contributed by atoms with Gasteiger partial charge < -0.3 is 19.3 Å². The maximum atomic E-state index is 14.8. The minimum absolute atomic E-state index is 0.0393. The molecule has 6 nitrogen and oxygen atoms in total. The van der Waals surface area contributed by atoms with Gasteiger partial charge in [-0.1, -0.05) is 18.2 Å². The van der Waals surface area contributed by atoms with E-state index in [4.69, 9.17) is 4.74 Å². The van der Waals surface area contributed by atoms with Crippen molar-refractivity contribution in [3.8, 4) is 5.69 Å². The van der Waals surface area contributed by atoms with Crippen LogP contribution in [0.3, 0.4) is 0 Å². The molecule has 3 aromatic rings. The number of hydrogen-bond donors (Lipinski definition) is 1. The van der Waals surface area contributed by atoms with Gasteiger partial charge in [-0.05, 0) is 62.2 Å². The summed E-state index contributed by atoms with van der Waals surface area (Å²) in [6, 6.07) is 9.61. The second kappa shape index (κ2) is 8.78. The molecule has 1 N–H and O–H groups in total. The van der Waals surface area contributed by atoms with Gasteiger partial charge in [-0.2, -0.15) is 0 Å². The zero-order chi connectivity index (χ0) is 23.8. The summed E-state index contributed by atoms with van der Waals surface area (Å²) < 4.78 is 35.7. The lowest BCUT2D eigenvalue weighted by Crippen LogP contribution is -2.52. The quantitative estimate of drug-likeness (QED) is 0.589. The molecule has 33 heavy (non-hydrogen) atoms. The smallest absolute Gasteiger partial charge is 0.289 e. The van der Waals surface area contributed by atoms with Crippen LogP contribution in [0.25, 0.3) is 11.8 Å². The maximum absolute atomic E-state index is 14.8. The van der Waals surface area contributed by atoms with Gasteiger partial charge in [0.2, 0.25) is 0 Å². The molecule has 2 aromatic carbocycles. The van der Waals surface area contributed by atoms with E-state index >= 15 is 0 Å². The molecular weight excluding hydrogens is 428 g/mol. The van der Waals surface area contributed by atoms with Crippen LogP contribution in [0.15, 0.2) is 60.7 Å². The highest BCUT2D eigenvalue weighted by molar-refractivity contribution is 5.97. The predicted molar refractivity (Wildman–Crippen MR) is 119 cm³/mol. The van der Waals surface area contributed by atoms with Crippen molar-refractivity contribution in [3.63, 3.8) is 0 Å². The van der Waals surface area contributed by atoms with Crippen molar-refractivity contribution in [1.82, 2.24) is 14.5 Å². The number of benzene rings is 2. The number of carbonyl (C=O) groups is 1. The lowest BCUT2D eigenvalue weighted by atomic mass is 9.99. The van der Waals surface area contributed by atoms with Crippen molar-refractivity contribution >= 4 is 12.0 Å². The summed E-state index contributed by atoms with van der Waals surface area (Å²) in [7, 11) is 0. The molecule has 0 bridgehead atoms. The minimum atomic E-state index is -0.750. The zero-order valence-corrected chi connectivity index (χ0v) is 18.6. The molecule has 1 aliphatic rings. The van der Waals surface area contributed by atoms with E-state index in [-0.39, 0.29) is 18.9 Å². The topological polar surface area (TPSA) is 67.6 Å². The molecule has 0 saturated carbocycles. The second-order valence-electron chi connectivity index (χ2n) is 8.69. The number of aliphatic hydroxyl groups is 1. The van der Waals surface area contributed by atoms with E-state index in [0.717, 1.165) is 5.69 Å². The number of amides is 1. The zero-order valence-electron chi connectivity index (χ0n) is 18.6. The van der Waals surface area contributed by atoms with E-state index in [1.54, 1.807) is 35.0 Å².